The molecule has 1 rings (SSSR count). The first-order chi connectivity index (χ1) is 10.1. The molecule has 0 bridgehead atoms. The number of carbonyl (C=O) groups excluding carboxylic acids is 1. The molecule has 0 aromatic heterocycles. The second-order valence-corrected chi connectivity index (χ2v) is 5.42. The fraction of sp³-hybridized carbons (Fsp3) is 0.588. The molecule has 1 aromatic rings. The van der Waals surface area contributed by atoms with Gasteiger partial charge >= 0.3 is 5.97 Å². The third-order valence-corrected chi connectivity index (χ3v) is 3.61. The van der Waals surface area contributed by atoms with Crippen molar-refractivity contribution in [3.63, 3.8) is 0 Å². The van der Waals surface area contributed by atoms with Crippen molar-refractivity contribution in [2.75, 3.05) is 25.6 Å². The highest BCUT2D eigenvalue weighted by atomic mass is 16.5. The van der Waals surface area contributed by atoms with E-state index >= 15 is 0 Å². The molecule has 21 heavy (non-hydrogen) atoms. The smallest absolute Gasteiger partial charge is 0.325 e. The maximum absolute atomic E-state index is 11.3. The molecular formula is C17H27NO3. The van der Waals surface area contributed by atoms with Crippen molar-refractivity contribution >= 4 is 11.7 Å². The highest BCUT2D eigenvalue weighted by molar-refractivity contribution is 5.76. The highest BCUT2D eigenvalue weighted by Gasteiger charge is 2.12. The molecule has 1 N–H and O–H groups in total. The molecule has 4 heteroatoms. The van der Waals surface area contributed by atoms with E-state index in [9.17, 15) is 9.90 Å². The summed E-state index contributed by atoms with van der Waals surface area (Å²) in [7, 11) is 3.14. The fourth-order valence-corrected chi connectivity index (χ4v) is 2.31. The van der Waals surface area contributed by atoms with Gasteiger partial charge in [-0.15, -0.1) is 0 Å². The molecule has 0 aliphatic heterocycles. The van der Waals surface area contributed by atoms with E-state index in [0.29, 0.717) is 5.69 Å². The maximum atomic E-state index is 11.3. The lowest BCUT2D eigenvalue weighted by Crippen LogP contribution is -2.26. The van der Waals surface area contributed by atoms with Gasteiger partial charge in [-0.2, -0.15) is 0 Å². The van der Waals surface area contributed by atoms with Crippen LogP contribution in [0.4, 0.5) is 5.69 Å². The Hall–Kier alpha value is -1.71. The van der Waals surface area contributed by atoms with E-state index in [1.165, 1.54) is 38.4 Å². The average molecular weight is 293 g/mol. The number of esters is 1. The minimum Gasteiger partial charge on any atom is -0.506 e. The molecule has 4 nitrogen and oxygen atoms in total. The number of hydrogen-bond donors (Lipinski definition) is 1. The van der Waals surface area contributed by atoms with Crippen LogP contribution in [0.15, 0.2) is 18.2 Å². The average Bonchev–Trinajstić information content (AvgIpc) is 2.48. The van der Waals surface area contributed by atoms with E-state index in [2.05, 4.69) is 11.7 Å². The van der Waals surface area contributed by atoms with Crippen molar-refractivity contribution in [3.8, 4) is 5.75 Å². The van der Waals surface area contributed by atoms with Crippen LogP contribution < -0.4 is 4.90 Å². The summed E-state index contributed by atoms with van der Waals surface area (Å²) in [6.45, 7) is 2.34. The fourth-order valence-electron chi connectivity index (χ4n) is 2.31. The van der Waals surface area contributed by atoms with Gasteiger partial charge in [0.2, 0.25) is 0 Å². The Kier molecular flexibility index (Phi) is 7.65. The molecule has 0 unspecified atom stereocenters. The summed E-state index contributed by atoms with van der Waals surface area (Å²) < 4.78 is 4.65. The van der Waals surface area contributed by atoms with Gasteiger partial charge in [0.15, 0.2) is 0 Å². The lowest BCUT2D eigenvalue weighted by Gasteiger charge is -2.19. The zero-order valence-corrected chi connectivity index (χ0v) is 13.4. The zero-order valence-electron chi connectivity index (χ0n) is 13.4. The Labute approximate surface area is 127 Å². The summed E-state index contributed by atoms with van der Waals surface area (Å²) in [5.74, 6) is -0.127. The SMILES string of the molecule is CCCCCCCc1ccc(O)c(N(C)CC(=O)OC)c1. The third kappa shape index (κ3) is 6.06. The largest absolute Gasteiger partial charge is 0.506 e. The van der Waals surface area contributed by atoms with Crippen LogP contribution in [0.25, 0.3) is 0 Å². The monoisotopic (exact) mass is 293 g/mol. The Morgan fingerprint density at radius 2 is 1.95 bits per heavy atom. The second-order valence-electron chi connectivity index (χ2n) is 5.42. The number of ether oxygens (including phenoxy) is 1. The molecule has 0 saturated heterocycles. The predicted octanol–water partition coefficient (Wildman–Crippen LogP) is 3.51. The summed E-state index contributed by atoms with van der Waals surface area (Å²) in [5, 5.41) is 9.94. The van der Waals surface area contributed by atoms with Crippen LogP contribution in [0, 0.1) is 0 Å². The van der Waals surface area contributed by atoms with Gasteiger partial charge in [0.1, 0.15) is 12.3 Å². The van der Waals surface area contributed by atoms with Gasteiger partial charge in [0.25, 0.3) is 0 Å². The lowest BCUT2D eigenvalue weighted by atomic mass is 10.0. The Balaban J connectivity index is 2.60. The van der Waals surface area contributed by atoms with Gasteiger partial charge in [0.05, 0.1) is 12.8 Å². The molecule has 0 amide bonds. The number of aromatic hydroxyl groups is 1. The molecule has 0 saturated carbocycles. The summed E-state index contributed by atoms with van der Waals surface area (Å²) >= 11 is 0. The molecule has 0 heterocycles. The number of aryl methyl sites for hydroxylation is 1. The van der Waals surface area contributed by atoms with Gasteiger partial charge < -0.3 is 14.7 Å². The number of carbonyl (C=O) groups is 1. The summed E-state index contributed by atoms with van der Waals surface area (Å²) in [6, 6.07) is 5.60. The van der Waals surface area contributed by atoms with E-state index < -0.39 is 0 Å². The molecular weight excluding hydrogens is 266 g/mol. The molecule has 0 spiro atoms. The van der Waals surface area contributed by atoms with Crippen LogP contribution in [-0.4, -0.2) is 31.8 Å². The van der Waals surface area contributed by atoms with E-state index in [1.54, 1.807) is 18.0 Å². The van der Waals surface area contributed by atoms with Crippen LogP contribution in [0.5, 0.6) is 5.75 Å². The van der Waals surface area contributed by atoms with Crippen LogP contribution in [0.3, 0.4) is 0 Å². The Morgan fingerprint density at radius 3 is 2.62 bits per heavy atom. The standard InChI is InChI=1S/C17H27NO3/c1-4-5-6-7-8-9-14-10-11-16(19)15(12-14)18(2)13-17(20)21-3/h10-12,19H,4-9,13H2,1-3H3. The van der Waals surface area contributed by atoms with Crippen molar-refractivity contribution in [2.24, 2.45) is 0 Å². The number of phenolic OH excluding ortho intramolecular Hbond substituents is 1. The van der Waals surface area contributed by atoms with Gasteiger partial charge in [-0.1, -0.05) is 38.7 Å². The van der Waals surface area contributed by atoms with Crippen molar-refractivity contribution in [1.29, 1.82) is 0 Å². The van der Waals surface area contributed by atoms with Gasteiger partial charge in [-0.3, -0.25) is 4.79 Å². The minimum absolute atomic E-state index is 0.129. The number of nitrogens with zero attached hydrogens (tertiary/aromatic N) is 1. The third-order valence-electron chi connectivity index (χ3n) is 3.61. The van der Waals surface area contributed by atoms with Gasteiger partial charge in [0, 0.05) is 7.05 Å². The molecule has 0 radical (unpaired) electrons. The molecule has 0 aliphatic carbocycles. The van der Waals surface area contributed by atoms with Crippen molar-refractivity contribution < 1.29 is 14.6 Å². The highest BCUT2D eigenvalue weighted by Crippen LogP contribution is 2.28. The Morgan fingerprint density at radius 1 is 1.24 bits per heavy atom. The van der Waals surface area contributed by atoms with Crippen LogP contribution in [0.1, 0.15) is 44.6 Å². The first-order valence-corrected chi connectivity index (χ1v) is 7.68. The van der Waals surface area contributed by atoms with E-state index in [0.717, 1.165) is 12.8 Å². The van der Waals surface area contributed by atoms with Crippen LogP contribution in [-0.2, 0) is 16.0 Å². The second kappa shape index (κ2) is 9.27. The number of unbranched alkanes of at least 4 members (excludes halogenated alkanes) is 4. The topological polar surface area (TPSA) is 49.8 Å². The molecule has 118 valence electrons. The first-order valence-electron chi connectivity index (χ1n) is 7.68. The summed E-state index contributed by atoms with van der Waals surface area (Å²) in [5.41, 5.74) is 1.86. The summed E-state index contributed by atoms with van der Waals surface area (Å²) in [6.07, 6.45) is 7.23. The number of likely N-dealkylation sites (N-methyl/N-ethyl adjacent to an activating group) is 1. The number of phenols is 1. The Bertz CT molecular complexity index is 446. The van der Waals surface area contributed by atoms with Crippen LogP contribution >= 0.6 is 0 Å². The van der Waals surface area contributed by atoms with Crippen molar-refractivity contribution in [1.82, 2.24) is 0 Å². The number of anilines is 1. The maximum Gasteiger partial charge on any atom is 0.325 e. The minimum atomic E-state index is -0.318. The first kappa shape index (κ1) is 17.3. The van der Waals surface area contributed by atoms with Gasteiger partial charge in [-0.25, -0.2) is 0 Å². The van der Waals surface area contributed by atoms with E-state index in [4.69, 9.17) is 0 Å². The summed E-state index contributed by atoms with van der Waals surface area (Å²) in [4.78, 5) is 13.0. The normalized spacial score (nSPS) is 10.4. The van der Waals surface area contributed by atoms with Gasteiger partial charge in [-0.05, 0) is 30.5 Å². The molecule has 1 aromatic carbocycles. The quantitative estimate of drug-likeness (QED) is 0.559. The molecule has 0 atom stereocenters. The van der Waals surface area contributed by atoms with E-state index in [-0.39, 0.29) is 18.3 Å². The number of methoxy groups -OCH3 is 1. The number of benzene rings is 1. The predicted molar refractivity (Wildman–Crippen MR) is 85.9 cm³/mol. The molecule has 0 fully saturated rings. The van der Waals surface area contributed by atoms with E-state index in [1.807, 2.05) is 12.1 Å². The zero-order chi connectivity index (χ0) is 15.7. The number of hydrogen-bond acceptors (Lipinski definition) is 4. The van der Waals surface area contributed by atoms with Crippen molar-refractivity contribution in [3.05, 3.63) is 23.8 Å². The van der Waals surface area contributed by atoms with Crippen LogP contribution in [0.2, 0.25) is 0 Å². The van der Waals surface area contributed by atoms with Crippen molar-refractivity contribution in [2.45, 2.75) is 45.4 Å². The molecule has 0 aliphatic rings. The number of rotatable bonds is 9. The lowest BCUT2D eigenvalue weighted by molar-refractivity contribution is -0.138.